The molecule has 0 heterocycles. The number of hydrogen-bond acceptors (Lipinski definition) is 3. The zero-order chi connectivity index (χ0) is 16.5. The fraction of sp³-hybridized carbons (Fsp3) is 0.900. The van der Waals surface area contributed by atoms with E-state index in [1.54, 1.807) is 0 Å². The van der Waals surface area contributed by atoms with E-state index in [9.17, 15) is 15.3 Å². The van der Waals surface area contributed by atoms with Crippen LogP contribution in [0.3, 0.4) is 0 Å². The van der Waals surface area contributed by atoms with Crippen molar-refractivity contribution in [3.63, 3.8) is 0 Å². The van der Waals surface area contributed by atoms with Crippen LogP contribution in [0.5, 0.6) is 0 Å². The molecular weight excluding hydrogens is 288 g/mol. The van der Waals surface area contributed by atoms with Crippen molar-refractivity contribution in [1.82, 2.24) is 0 Å². The molecule has 130 valence electrons. The van der Waals surface area contributed by atoms with Crippen LogP contribution in [0, 0.1) is 34.0 Å². The number of fused-ring (bicyclic) bond motifs is 3. The second-order valence-corrected chi connectivity index (χ2v) is 9.57. The summed E-state index contributed by atoms with van der Waals surface area (Å²) in [6.07, 6.45) is 8.23. The maximum atomic E-state index is 10.6. The lowest BCUT2D eigenvalue weighted by Gasteiger charge is -2.65. The molecule has 0 amide bonds. The third-order valence-electron chi connectivity index (χ3n) is 8.56. The number of aliphatic hydroxyl groups is 3. The van der Waals surface area contributed by atoms with Gasteiger partial charge in [-0.15, -0.1) is 0 Å². The largest absolute Gasteiger partial charge is 0.396 e. The van der Waals surface area contributed by atoms with Gasteiger partial charge in [0.25, 0.3) is 0 Å². The van der Waals surface area contributed by atoms with Gasteiger partial charge in [-0.1, -0.05) is 19.1 Å². The van der Waals surface area contributed by atoms with Crippen LogP contribution in [0.25, 0.3) is 0 Å². The molecule has 3 heteroatoms. The summed E-state index contributed by atoms with van der Waals surface area (Å²) in [5, 5.41) is 30.8. The van der Waals surface area contributed by atoms with E-state index < -0.39 is 11.5 Å². The summed E-state index contributed by atoms with van der Waals surface area (Å²) in [6, 6.07) is 0. The molecule has 4 saturated carbocycles. The van der Waals surface area contributed by atoms with Gasteiger partial charge in [0.15, 0.2) is 0 Å². The Morgan fingerprint density at radius 3 is 2.48 bits per heavy atom. The van der Waals surface area contributed by atoms with Crippen LogP contribution in [0.1, 0.15) is 58.3 Å². The van der Waals surface area contributed by atoms with Crippen LogP contribution in [-0.2, 0) is 0 Å². The van der Waals surface area contributed by atoms with E-state index in [1.165, 1.54) is 37.7 Å². The number of aliphatic hydroxyl groups excluding tert-OH is 3. The highest BCUT2D eigenvalue weighted by atomic mass is 16.3. The SMILES string of the molecule is C=C1C[C@@]23CC[C@@H]4C(CO)(CO)C[C@@H](O)C[C@@]4(C)[C@@H]2CC[C@H]1C3. The fourth-order valence-electron chi connectivity index (χ4n) is 7.83. The molecule has 0 aliphatic heterocycles. The van der Waals surface area contributed by atoms with Crippen molar-refractivity contribution in [3.05, 3.63) is 12.2 Å². The molecular formula is C20H32O3. The van der Waals surface area contributed by atoms with Gasteiger partial charge in [0.05, 0.1) is 19.3 Å². The highest BCUT2D eigenvalue weighted by Gasteiger charge is 2.65. The molecule has 0 unspecified atom stereocenters. The van der Waals surface area contributed by atoms with E-state index in [4.69, 9.17) is 0 Å². The van der Waals surface area contributed by atoms with Crippen molar-refractivity contribution in [2.45, 2.75) is 64.4 Å². The molecule has 0 aromatic heterocycles. The minimum Gasteiger partial charge on any atom is -0.396 e. The highest BCUT2D eigenvalue weighted by molar-refractivity contribution is 5.22. The van der Waals surface area contributed by atoms with Gasteiger partial charge in [0.2, 0.25) is 0 Å². The van der Waals surface area contributed by atoms with E-state index in [1.807, 2.05) is 0 Å². The van der Waals surface area contributed by atoms with Gasteiger partial charge in [0.1, 0.15) is 0 Å². The molecule has 4 fully saturated rings. The Kier molecular flexibility index (Phi) is 3.54. The zero-order valence-electron chi connectivity index (χ0n) is 14.4. The van der Waals surface area contributed by atoms with Crippen LogP contribution < -0.4 is 0 Å². The normalized spacial score (nSPS) is 51.2. The average Bonchev–Trinajstić information content (AvgIpc) is 2.74. The first-order chi connectivity index (χ1) is 10.9. The first-order valence-electron chi connectivity index (χ1n) is 9.47. The summed E-state index contributed by atoms with van der Waals surface area (Å²) in [4.78, 5) is 0. The quantitative estimate of drug-likeness (QED) is 0.686. The summed E-state index contributed by atoms with van der Waals surface area (Å²) >= 11 is 0. The molecule has 4 aliphatic carbocycles. The van der Waals surface area contributed by atoms with Crippen LogP contribution in [0.4, 0.5) is 0 Å². The average molecular weight is 320 g/mol. The monoisotopic (exact) mass is 320 g/mol. The molecule has 0 saturated heterocycles. The Morgan fingerprint density at radius 1 is 1.04 bits per heavy atom. The third-order valence-corrected chi connectivity index (χ3v) is 8.56. The van der Waals surface area contributed by atoms with Crippen molar-refractivity contribution < 1.29 is 15.3 Å². The van der Waals surface area contributed by atoms with Gasteiger partial charge in [-0.25, -0.2) is 0 Å². The second-order valence-electron chi connectivity index (χ2n) is 9.57. The summed E-state index contributed by atoms with van der Waals surface area (Å²) in [6.45, 7) is 6.70. The molecule has 1 spiro atoms. The molecule has 6 atom stereocenters. The predicted octanol–water partition coefficient (Wildman–Crippen LogP) is 2.89. The van der Waals surface area contributed by atoms with Crippen molar-refractivity contribution in [2.24, 2.45) is 34.0 Å². The van der Waals surface area contributed by atoms with Crippen molar-refractivity contribution in [2.75, 3.05) is 13.2 Å². The number of allylic oxidation sites excluding steroid dienone is 1. The molecule has 0 aromatic carbocycles. The van der Waals surface area contributed by atoms with Crippen LogP contribution in [-0.4, -0.2) is 34.6 Å². The topological polar surface area (TPSA) is 60.7 Å². The predicted molar refractivity (Wildman–Crippen MR) is 89.7 cm³/mol. The molecule has 23 heavy (non-hydrogen) atoms. The summed E-state index contributed by atoms with van der Waals surface area (Å²) in [5.74, 6) is 1.66. The summed E-state index contributed by atoms with van der Waals surface area (Å²) in [7, 11) is 0. The number of rotatable bonds is 2. The molecule has 4 aliphatic rings. The summed E-state index contributed by atoms with van der Waals surface area (Å²) in [5.41, 5.74) is 1.39. The van der Waals surface area contributed by atoms with Crippen molar-refractivity contribution in [1.29, 1.82) is 0 Å². The van der Waals surface area contributed by atoms with Gasteiger partial charge >= 0.3 is 0 Å². The van der Waals surface area contributed by atoms with Crippen LogP contribution in [0.15, 0.2) is 12.2 Å². The van der Waals surface area contributed by atoms with Crippen LogP contribution in [0.2, 0.25) is 0 Å². The van der Waals surface area contributed by atoms with Crippen molar-refractivity contribution >= 4 is 0 Å². The van der Waals surface area contributed by atoms with Gasteiger partial charge in [-0.3, -0.25) is 0 Å². The van der Waals surface area contributed by atoms with Crippen molar-refractivity contribution in [3.8, 4) is 0 Å². The smallest absolute Gasteiger partial charge is 0.0552 e. The van der Waals surface area contributed by atoms with E-state index in [0.29, 0.717) is 23.7 Å². The Hall–Kier alpha value is -0.380. The molecule has 4 rings (SSSR count). The minimum absolute atomic E-state index is 0.00410. The lowest BCUT2D eigenvalue weighted by Crippen LogP contribution is -2.61. The maximum Gasteiger partial charge on any atom is 0.0552 e. The first kappa shape index (κ1) is 16.1. The minimum atomic E-state index is -0.500. The second kappa shape index (κ2) is 5.06. The molecule has 3 nitrogen and oxygen atoms in total. The van der Waals surface area contributed by atoms with Gasteiger partial charge in [-0.05, 0) is 80.0 Å². The first-order valence-corrected chi connectivity index (χ1v) is 9.47. The Bertz CT molecular complexity index is 511. The maximum absolute atomic E-state index is 10.6. The van der Waals surface area contributed by atoms with E-state index in [0.717, 1.165) is 18.8 Å². The lowest BCUT2D eigenvalue weighted by atomic mass is 9.40. The fourth-order valence-corrected chi connectivity index (χ4v) is 7.83. The zero-order valence-corrected chi connectivity index (χ0v) is 14.4. The Balaban J connectivity index is 1.75. The Morgan fingerprint density at radius 2 is 1.78 bits per heavy atom. The van der Waals surface area contributed by atoms with Gasteiger partial charge in [0, 0.05) is 5.41 Å². The van der Waals surface area contributed by atoms with Gasteiger partial charge < -0.3 is 15.3 Å². The third kappa shape index (κ3) is 1.99. The molecule has 3 N–H and O–H groups in total. The van der Waals surface area contributed by atoms with E-state index in [-0.39, 0.29) is 18.6 Å². The molecule has 0 radical (unpaired) electrons. The highest BCUT2D eigenvalue weighted by Crippen LogP contribution is 2.72. The molecule has 2 bridgehead atoms. The number of hydrogen-bond donors (Lipinski definition) is 3. The van der Waals surface area contributed by atoms with E-state index >= 15 is 0 Å². The van der Waals surface area contributed by atoms with E-state index in [2.05, 4.69) is 13.5 Å². The molecule has 0 aromatic rings. The Labute approximate surface area is 139 Å². The van der Waals surface area contributed by atoms with Crippen LogP contribution >= 0.6 is 0 Å². The summed E-state index contributed by atoms with van der Waals surface area (Å²) < 4.78 is 0. The lowest BCUT2D eigenvalue weighted by molar-refractivity contribution is -0.200. The standard InChI is InChI=1S/C20H32O3/c1-13-7-19-6-5-17-18(2,16(19)4-3-14(13)8-19)9-15(23)10-20(17,11-21)12-22/h14-17,21-23H,1,3-12H2,2H3/t14-,15-,16-,17-,18-,19+/m0/s1. The van der Waals surface area contributed by atoms with Gasteiger partial charge in [-0.2, -0.15) is 0 Å².